The summed E-state index contributed by atoms with van der Waals surface area (Å²) in [5.74, 6) is 0.487. The van der Waals surface area contributed by atoms with E-state index in [4.69, 9.17) is 11.8 Å². The molecule has 0 aromatic carbocycles. The quantitative estimate of drug-likeness (QED) is 0.480. The predicted octanol–water partition coefficient (Wildman–Crippen LogP) is 2.73. The lowest BCUT2D eigenvalue weighted by Gasteiger charge is -2.28. The topological polar surface area (TPSA) is 24.7 Å². The van der Waals surface area contributed by atoms with Crippen LogP contribution in [0, 0.1) is 5.92 Å². The van der Waals surface area contributed by atoms with E-state index >= 15 is 0 Å². The molecule has 4 heteroatoms. The van der Waals surface area contributed by atoms with Crippen molar-refractivity contribution in [3.05, 3.63) is 35.9 Å². The van der Waals surface area contributed by atoms with Crippen molar-refractivity contribution in [2.24, 2.45) is 15.9 Å². The standard InChI is InChI=1S/C11H11ClN3/c1-8-4-9(5-8)11-10-6-13-2-3-15(10,12)7-14-11/h2-3,6-7,9H,1,4-5H2/q+1. The van der Waals surface area contributed by atoms with E-state index in [1.807, 2.05) is 6.20 Å². The van der Waals surface area contributed by atoms with Crippen LogP contribution in [0.15, 0.2) is 45.9 Å². The zero-order chi connectivity index (χ0) is 10.5. The van der Waals surface area contributed by atoms with Crippen molar-refractivity contribution in [3.63, 3.8) is 0 Å². The number of fused-ring (bicyclic) bond motifs is 1. The zero-order valence-electron chi connectivity index (χ0n) is 8.23. The first-order chi connectivity index (χ1) is 7.19. The Morgan fingerprint density at radius 1 is 1.47 bits per heavy atom. The molecule has 1 aliphatic carbocycles. The van der Waals surface area contributed by atoms with Crippen LogP contribution >= 0.6 is 11.8 Å². The van der Waals surface area contributed by atoms with Gasteiger partial charge in [-0.25, -0.2) is 0 Å². The van der Waals surface area contributed by atoms with Crippen LogP contribution in [0.3, 0.4) is 0 Å². The van der Waals surface area contributed by atoms with Gasteiger partial charge in [0.2, 0.25) is 12.0 Å². The van der Waals surface area contributed by atoms with E-state index in [9.17, 15) is 0 Å². The molecule has 0 aromatic heterocycles. The summed E-state index contributed by atoms with van der Waals surface area (Å²) >= 11 is 6.36. The Labute approximate surface area is 93.5 Å². The minimum atomic E-state index is 0.141. The predicted molar refractivity (Wildman–Crippen MR) is 61.1 cm³/mol. The van der Waals surface area contributed by atoms with Crippen LogP contribution in [0.25, 0.3) is 0 Å². The van der Waals surface area contributed by atoms with Gasteiger partial charge in [0.1, 0.15) is 11.9 Å². The number of quaternary nitrogens is 1. The van der Waals surface area contributed by atoms with Gasteiger partial charge in [0.05, 0.1) is 12.4 Å². The van der Waals surface area contributed by atoms with E-state index in [1.165, 1.54) is 5.57 Å². The van der Waals surface area contributed by atoms with Crippen molar-refractivity contribution in [2.75, 3.05) is 0 Å². The molecule has 1 atom stereocenters. The molecule has 0 amide bonds. The molecule has 3 aliphatic rings. The lowest BCUT2D eigenvalue weighted by molar-refractivity contribution is -0.592. The van der Waals surface area contributed by atoms with Crippen LogP contribution in [-0.4, -0.2) is 16.6 Å². The van der Waals surface area contributed by atoms with Gasteiger partial charge < -0.3 is 0 Å². The molecular weight excluding hydrogens is 210 g/mol. The van der Waals surface area contributed by atoms with Crippen LogP contribution in [-0.2, 0) is 0 Å². The summed E-state index contributed by atoms with van der Waals surface area (Å²) in [6.45, 7) is 3.94. The highest BCUT2D eigenvalue weighted by atomic mass is 35.5. The lowest BCUT2D eigenvalue weighted by atomic mass is 9.78. The minimum Gasteiger partial charge on any atom is -0.253 e. The fraction of sp³-hybridized carbons (Fsp3) is 0.273. The molecule has 2 heterocycles. The minimum absolute atomic E-state index is 0.141. The number of halogens is 1. The van der Waals surface area contributed by atoms with E-state index in [0.717, 1.165) is 24.2 Å². The Balaban J connectivity index is 1.99. The average Bonchev–Trinajstić information content (AvgIpc) is 2.50. The van der Waals surface area contributed by atoms with Crippen LogP contribution in [0.5, 0.6) is 0 Å². The van der Waals surface area contributed by atoms with E-state index in [1.54, 1.807) is 18.8 Å². The highest BCUT2D eigenvalue weighted by Crippen LogP contribution is 2.43. The Kier molecular flexibility index (Phi) is 1.75. The van der Waals surface area contributed by atoms with Gasteiger partial charge in [0, 0.05) is 5.92 Å². The normalized spacial score (nSPS) is 33.5. The molecule has 1 saturated carbocycles. The monoisotopic (exact) mass is 220 g/mol. The SMILES string of the molecule is C=C1CC(C2=C3C=NC=C[N+]3(Cl)C=N2)C1. The first-order valence-corrected chi connectivity index (χ1v) is 5.28. The summed E-state index contributed by atoms with van der Waals surface area (Å²) in [6.07, 6.45) is 9.13. The average molecular weight is 221 g/mol. The molecule has 2 aliphatic heterocycles. The van der Waals surface area contributed by atoms with Gasteiger partial charge in [-0.05, 0) is 12.8 Å². The molecule has 3 rings (SSSR count). The van der Waals surface area contributed by atoms with E-state index in [-0.39, 0.29) is 4.00 Å². The number of allylic oxidation sites excluding steroid dienone is 3. The van der Waals surface area contributed by atoms with Crippen molar-refractivity contribution in [1.29, 1.82) is 0 Å². The summed E-state index contributed by atoms with van der Waals surface area (Å²) in [5, 5.41) is 0. The number of hydrogen-bond donors (Lipinski definition) is 0. The van der Waals surface area contributed by atoms with Gasteiger partial charge in [-0.1, -0.05) is 12.2 Å². The molecule has 1 fully saturated rings. The second-order valence-corrected chi connectivity index (χ2v) is 4.69. The lowest BCUT2D eigenvalue weighted by Crippen LogP contribution is -2.30. The Hall–Kier alpha value is -1.19. The summed E-state index contributed by atoms with van der Waals surface area (Å²) in [5.41, 5.74) is 3.35. The van der Waals surface area contributed by atoms with Gasteiger partial charge >= 0.3 is 0 Å². The maximum absolute atomic E-state index is 6.36. The molecule has 0 aromatic rings. The maximum atomic E-state index is 6.36. The smallest absolute Gasteiger partial charge is 0.218 e. The largest absolute Gasteiger partial charge is 0.253 e. The Morgan fingerprint density at radius 2 is 2.27 bits per heavy atom. The fourth-order valence-electron chi connectivity index (χ4n) is 2.12. The van der Waals surface area contributed by atoms with Crippen molar-refractivity contribution in [3.8, 4) is 0 Å². The number of hydrogen-bond acceptors (Lipinski definition) is 2. The summed E-state index contributed by atoms with van der Waals surface area (Å²) in [4.78, 5) is 8.53. The van der Waals surface area contributed by atoms with Crippen molar-refractivity contribution < 1.29 is 4.00 Å². The summed E-state index contributed by atoms with van der Waals surface area (Å²) in [7, 11) is 0. The molecule has 3 nitrogen and oxygen atoms in total. The van der Waals surface area contributed by atoms with Crippen molar-refractivity contribution in [1.82, 2.24) is 0 Å². The Morgan fingerprint density at radius 3 is 3.00 bits per heavy atom. The second-order valence-electron chi connectivity index (χ2n) is 4.13. The van der Waals surface area contributed by atoms with Gasteiger partial charge in [0.15, 0.2) is 11.8 Å². The first kappa shape index (κ1) is 9.07. The zero-order valence-corrected chi connectivity index (χ0v) is 8.98. The second kappa shape index (κ2) is 2.90. The third-order valence-electron chi connectivity index (χ3n) is 3.02. The van der Waals surface area contributed by atoms with E-state index in [2.05, 4.69) is 16.6 Å². The fourth-order valence-corrected chi connectivity index (χ4v) is 2.34. The molecule has 0 N–H and O–H groups in total. The highest BCUT2D eigenvalue weighted by molar-refractivity contribution is 6.14. The molecule has 1 unspecified atom stereocenters. The third kappa shape index (κ3) is 1.24. The van der Waals surface area contributed by atoms with Crippen LogP contribution < -0.4 is 0 Å². The van der Waals surface area contributed by atoms with Gasteiger partial charge in [-0.3, -0.25) is 4.99 Å². The first-order valence-electron chi connectivity index (χ1n) is 4.95. The summed E-state index contributed by atoms with van der Waals surface area (Å²) < 4.78 is 0.141. The van der Waals surface area contributed by atoms with Crippen LogP contribution in [0.2, 0.25) is 0 Å². The number of aliphatic imine (C=N–C) groups is 2. The van der Waals surface area contributed by atoms with Crippen LogP contribution in [0.1, 0.15) is 12.8 Å². The van der Waals surface area contributed by atoms with Crippen molar-refractivity contribution >= 4 is 24.3 Å². The van der Waals surface area contributed by atoms with Gasteiger partial charge in [-0.15, -0.1) is 4.00 Å². The molecule has 0 spiro atoms. The number of rotatable bonds is 1. The molecule has 15 heavy (non-hydrogen) atoms. The highest BCUT2D eigenvalue weighted by Gasteiger charge is 2.41. The molecular formula is C11H11ClN3+. The number of nitrogens with zero attached hydrogens (tertiary/aromatic N) is 3. The van der Waals surface area contributed by atoms with Gasteiger partial charge in [-0.2, -0.15) is 4.99 Å². The molecule has 76 valence electrons. The molecule has 0 bridgehead atoms. The molecule has 0 radical (unpaired) electrons. The van der Waals surface area contributed by atoms with Gasteiger partial charge in [0.25, 0.3) is 0 Å². The Bertz CT molecular complexity index is 450. The van der Waals surface area contributed by atoms with Crippen LogP contribution in [0.4, 0.5) is 0 Å². The molecule has 0 saturated heterocycles. The summed E-state index contributed by atoms with van der Waals surface area (Å²) in [6, 6.07) is 0. The third-order valence-corrected chi connectivity index (χ3v) is 3.40. The van der Waals surface area contributed by atoms with E-state index < -0.39 is 0 Å². The van der Waals surface area contributed by atoms with Crippen molar-refractivity contribution in [2.45, 2.75) is 12.8 Å². The van der Waals surface area contributed by atoms with E-state index in [0.29, 0.717) is 5.92 Å². The maximum Gasteiger partial charge on any atom is 0.218 e.